The molecule has 2 aromatic rings. The van der Waals surface area contributed by atoms with Crippen molar-refractivity contribution in [1.29, 1.82) is 0 Å². The molecular formula is C17H17NO4S. The Morgan fingerprint density at radius 2 is 1.52 bits per heavy atom. The van der Waals surface area contributed by atoms with Crippen LogP contribution < -0.4 is 0 Å². The van der Waals surface area contributed by atoms with Crippen LogP contribution in [0.1, 0.15) is 30.1 Å². The van der Waals surface area contributed by atoms with Crippen molar-refractivity contribution < 1.29 is 17.5 Å². The second kappa shape index (κ2) is 7.69. The summed E-state index contributed by atoms with van der Waals surface area (Å²) >= 11 is 0. The molecule has 23 heavy (non-hydrogen) atoms. The maximum atomic E-state index is 12.0. The van der Waals surface area contributed by atoms with E-state index in [9.17, 15) is 13.2 Å². The number of ketones is 1. The van der Waals surface area contributed by atoms with Crippen LogP contribution in [0, 0.1) is 0 Å². The van der Waals surface area contributed by atoms with E-state index in [1.807, 2.05) is 6.07 Å². The van der Waals surface area contributed by atoms with Crippen LogP contribution in [0.5, 0.6) is 0 Å². The molecule has 0 aliphatic heterocycles. The predicted octanol–water partition coefficient (Wildman–Crippen LogP) is 3.43. The largest absolute Gasteiger partial charge is 0.358 e. The van der Waals surface area contributed by atoms with Crippen molar-refractivity contribution in [2.24, 2.45) is 5.16 Å². The van der Waals surface area contributed by atoms with Crippen molar-refractivity contribution in [1.82, 2.24) is 0 Å². The van der Waals surface area contributed by atoms with Crippen LogP contribution >= 0.6 is 0 Å². The molecule has 0 bridgehead atoms. The van der Waals surface area contributed by atoms with Gasteiger partial charge in [0, 0.05) is 12.0 Å². The minimum absolute atomic E-state index is 0.0222. The molecule has 2 aromatic carbocycles. The highest BCUT2D eigenvalue weighted by molar-refractivity contribution is 7.86. The summed E-state index contributed by atoms with van der Waals surface area (Å²) in [5, 5.41) is 3.61. The lowest BCUT2D eigenvalue weighted by Gasteiger charge is -2.03. The average Bonchev–Trinajstić information content (AvgIpc) is 2.59. The monoisotopic (exact) mass is 331 g/mol. The summed E-state index contributed by atoms with van der Waals surface area (Å²) in [7, 11) is -3.92. The molecule has 0 N–H and O–H groups in total. The molecule has 0 aromatic heterocycles. The molecule has 0 radical (unpaired) electrons. The number of hydrogen-bond acceptors (Lipinski definition) is 5. The highest BCUT2D eigenvalue weighted by Crippen LogP contribution is 2.12. The Labute approximate surface area is 135 Å². The third-order valence-corrected chi connectivity index (χ3v) is 4.25. The van der Waals surface area contributed by atoms with Gasteiger partial charge in [0.1, 0.15) is 4.90 Å². The van der Waals surface area contributed by atoms with Gasteiger partial charge in [-0.15, -0.1) is 0 Å². The molecule has 0 amide bonds. The van der Waals surface area contributed by atoms with Crippen LogP contribution in [0.4, 0.5) is 0 Å². The fourth-order valence-corrected chi connectivity index (χ4v) is 2.65. The van der Waals surface area contributed by atoms with Gasteiger partial charge in [0.2, 0.25) is 0 Å². The second-order valence-corrected chi connectivity index (χ2v) is 6.49. The van der Waals surface area contributed by atoms with Gasteiger partial charge in [0.25, 0.3) is 0 Å². The van der Waals surface area contributed by atoms with Crippen molar-refractivity contribution >= 4 is 21.6 Å². The molecule has 0 fully saturated rings. The summed E-state index contributed by atoms with van der Waals surface area (Å²) in [6.45, 7) is 1.62. The van der Waals surface area contributed by atoms with Crippen LogP contribution in [-0.2, 0) is 14.4 Å². The minimum atomic E-state index is -3.92. The van der Waals surface area contributed by atoms with Gasteiger partial charge in [-0.05, 0) is 25.5 Å². The van der Waals surface area contributed by atoms with E-state index in [1.54, 1.807) is 49.4 Å². The van der Waals surface area contributed by atoms with E-state index in [-0.39, 0.29) is 17.1 Å². The second-order valence-electron chi connectivity index (χ2n) is 4.96. The van der Waals surface area contributed by atoms with E-state index in [0.717, 1.165) is 0 Å². The maximum absolute atomic E-state index is 12.0. The highest BCUT2D eigenvalue weighted by Gasteiger charge is 2.15. The Balaban J connectivity index is 1.92. The normalized spacial score (nSPS) is 12.0. The van der Waals surface area contributed by atoms with Crippen LogP contribution in [0.2, 0.25) is 0 Å². The number of carbonyl (C=O) groups is 1. The van der Waals surface area contributed by atoms with E-state index in [2.05, 4.69) is 9.44 Å². The fraction of sp³-hybridized carbons (Fsp3) is 0.176. The van der Waals surface area contributed by atoms with Crippen molar-refractivity contribution in [3.05, 3.63) is 66.2 Å². The first kappa shape index (κ1) is 16.9. The Kier molecular flexibility index (Phi) is 5.65. The quantitative estimate of drug-likeness (QED) is 0.443. The van der Waals surface area contributed by atoms with E-state index in [1.165, 1.54) is 12.1 Å². The molecule has 6 heteroatoms. The maximum Gasteiger partial charge on any atom is 0.358 e. The lowest BCUT2D eigenvalue weighted by atomic mass is 10.1. The van der Waals surface area contributed by atoms with E-state index >= 15 is 0 Å². The van der Waals surface area contributed by atoms with Crippen molar-refractivity contribution in [2.75, 3.05) is 0 Å². The summed E-state index contributed by atoms with van der Waals surface area (Å²) in [5.41, 5.74) is 1.06. The standard InChI is InChI=1S/C17H17NO4S/c1-14(12-13-17(19)15-8-4-2-5-9-15)18-22-23(20,21)16-10-6-3-7-11-16/h2-11H,12-13H2,1H3. The summed E-state index contributed by atoms with van der Waals surface area (Å²) in [6, 6.07) is 16.7. The molecule has 0 spiro atoms. The van der Waals surface area contributed by atoms with E-state index in [0.29, 0.717) is 17.7 Å². The number of rotatable bonds is 7. The molecule has 0 aliphatic rings. The molecule has 0 saturated carbocycles. The number of hydrogen-bond donors (Lipinski definition) is 0. The predicted molar refractivity (Wildman–Crippen MR) is 87.8 cm³/mol. The van der Waals surface area contributed by atoms with Crippen molar-refractivity contribution in [3.63, 3.8) is 0 Å². The van der Waals surface area contributed by atoms with Gasteiger partial charge in [-0.25, -0.2) is 0 Å². The topological polar surface area (TPSA) is 72.8 Å². The molecule has 5 nitrogen and oxygen atoms in total. The van der Waals surface area contributed by atoms with Crippen LogP contribution in [-0.4, -0.2) is 19.9 Å². The number of oxime groups is 1. The van der Waals surface area contributed by atoms with Gasteiger partial charge in [-0.1, -0.05) is 53.7 Å². The molecule has 0 heterocycles. The third kappa shape index (κ3) is 5.03. The van der Waals surface area contributed by atoms with Gasteiger partial charge < -0.3 is 0 Å². The zero-order valence-electron chi connectivity index (χ0n) is 12.7. The zero-order valence-corrected chi connectivity index (χ0v) is 13.5. The number of benzene rings is 2. The summed E-state index contributed by atoms with van der Waals surface area (Å²) in [5.74, 6) is -0.0222. The van der Waals surface area contributed by atoms with Crippen molar-refractivity contribution in [2.45, 2.75) is 24.7 Å². The number of Topliss-reactive ketones (excluding diaryl/α,β-unsaturated/α-hetero) is 1. The molecule has 120 valence electrons. The van der Waals surface area contributed by atoms with Gasteiger partial charge in [-0.3, -0.25) is 9.08 Å². The van der Waals surface area contributed by atoms with Gasteiger partial charge >= 0.3 is 10.1 Å². The van der Waals surface area contributed by atoms with E-state index in [4.69, 9.17) is 0 Å². The molecular weight excluding hydrogens is 314 g/mol. The highest BCUT2D eigenvalue weighted by atomic mass is 32.2. The first-order valence-corrected chi connectivity index (χ1v) is 8.50. The average molecular weight is 331 g/mol. The molecule has 2 rings (SSSR count). The number of carbonyl (C=O) groups excluding carboxylic acids is 1. The van der Waals surface area contributed by atoms with Crippen LogP contribution in [0.15, 0.2) is 70.7 Å². The van der Waals surface area contributed by atoms with Crippen molar-refractivity contribution in [3.8, 4) is 0 Å². The SMILES string of the molecule is CC(CCC(=O)c1ccccc1)=NOS(=O)(=O)c1ccccc1. The zero-order chi connectivity index (χ0) is 16.7. The summed E-state index contributed by atoms with van der Waals surface area (Å²) in [4.78, 5) is 12.0. The van der Waals surface area contributed by atoms with Crippen LogP contribution in [0.25, 0.3) is 0 Å². The van der Waals surface area contributed by atoms with Gasteiger partial charge in [-0.2, -0.15) is 8.42 Å². The molecule has 0 aliphatic carbocycles. The lowest BCUT2D eigenvalue weighted by molar-refractivity contribution is 0.0984. The minimum Gasteiger partial charge on any atom is -0.294 e. The smallest absolute Gasteiger partial charge is 0.294 e. The lowest BCUT2D eigenvalue weighted by Crippen LogP contribution is -2.06. The fourth-order valence-electron chi connectivity index (χ4n) is 1.85. The Bertz CT molecular complexity index is 784. The molecule has 0 unspecified atom stereocenters. The first-order chi connectivity index (χ1) is 11.0. The Hall–Kier alpha value is -2.47. The van der Waals surface area contributed by atoms with E-state index < -0.39 is 10.1 Å². The molecule has 0 atom stereocenters. The first-order valence-electron chi connectivity index (χ1n) is 7.09. The summed E-state index contributed by atoms with van der Waals surface area (Å²) in [6.07, 6.45) is 0.576. The number of nitrogens with zero attached hydrogens (tertiary/aromatic N) is 1. The summed E-state index contributed by atoms with van der Waals surface area (Å²) < 4.78 is 28.5. The van der Waals surface area contributed by atoms with Gasteiger partial charge in [0.15, 0.2) is 5.78 Å². The van der Waals surface area contributed by atoms with Gasteiger partial charge in [0.05, 0.1) is 5.71 Å². The Morgan fingerprint density at radius 3 is 2.13 bits per heavy atom. The third-order valence-electron chi connectivity index (χ3n) is 3.13. The van der Waals surface area contributed by atoms with Crippen LogP contribution in [0.3, 0.4) is 0 Å². The Morgan fingerprint density at radius 1 is 0.957 bits per heavy atom. The molecule has 0 saturated heterocycles.